The molecule has 1 heteroatoms. The van der Waals surface area contributed by atoms with Crippen LogP contribution in [0.3, 0.4) is 0 Å². The van der Waals surface area contributed by atoms with Gasteiger partial charge in [-0.15, -0.1) is 0 Å². The molecule has 1 nitrogen and oxygen atoms in total. The van der Waals surface area contributed by atoms with Crippen LogP contribution in [0.25, 0.3) is 0 Å². The molecule has 0 aromatic carbocycles. The van der Waals surface area contributed by atoms with Gasteiger partial charge in [0, 0.05) is 11.9 Å². The molecule has 82 valence electrons. The van der Waals surface area contributed by atoms with Crippen molar-refractivity contribution in [3.05, 3.63) is 22.9 Å². The lowest BCUT2D eigenvalue weighted by Crippen LogP contribution is -1.84. The van der Waals surface area contributed by atoms with E-state index in [-0.39, 0.29) is 0 Å². The van der Waals surface area contributed by atoms with E-state index in [9.17, 15) is 0 Å². The zero-order chi connectivity index (χ0) is 11.6. The molecule has 0 bridgehead atoms. The van der Waals surface area contributed by atoms with Gasteiger partial charge in [0.15, 0.2) is 0 Å². The Morgan fingerprint density at radius 1 is 1.14 bits per heavy atom. The summed E-state index contributed by atoms with van der Waals surface area (Å²) in [5.74, 6) is 0. The maximum Gasteiger partial charge on any atom is 0.0330 e. The second-order valence-electron chi connectivity index (χ2n) is 3.01. The molecule has 0 radical (unpaired) electrons. The van der Waals surface area contributed by atoms with E-state index in [1.807, 2.05) is 40.0 Å². The van der Waals surface area contributed by atoms with Crippen LogP contribution < -0.4 is 0 Å². The standard InChI is InChI=1S/C11H19N.C2H6/c1-6-9(3)10(4)8-12-11(5)7-2;1-2/h7-8H,6H2,1-5H3;1-2H3/b10-9?,11-7-,12-8?;. The maximum absolute atomic E-state index is 4.29. The van der Waals surface area contributed by atoms with E-state index >= 15 is 0 Å². The highest BCUT2D eigenvalue weighted by molar-refractivity contribution is 5.79. The van der Waals surface area contributed by atoms with Crippen LogP contribution in [0.4, 0.5) is 0 Å². The van der Waals surface area contributed by atoms with Gasteiger partial charge in [-0.1, -0.05) is 32.4 Å². The second kappa shape index (κ2) is 10.2. The Kier molecular flexibility index (Phi) is 11.4. The Bertz CT molecular complexity index is 219. The summed E-state index contributed by atoms with van der Waals surface area (Å²) in [6.07, 6.45) is 5.05. The third-order valence-corrected chi connectivity index (χ3v) is 2.08. The lowest BCUT2D eigenvalue weighted by Gasteiger charge is -1.98. The summed E-state index contributed by atoms with van der Waals surface area (Å²) in [4.78, 5) is 4.29. The molecule has 0 saturated heterocycles. The van der Waals surface area contributed by atoms with Gasteiger partial charge in [-0.3, -0.25) is 4.99 Å². The van der Waals surface area contributed by atoms with Crippen LogP contribution in [0, 0.1) is 0 Å². The lowest BCUT2D eigenvalue weighted by molar-refractivity contribution is 1.08. The molecule has 0 fully saturated rings. The Labute approximate surface area is 89.6 Å². The van der Waals surface area contributed by atoms with Crippen molar-refractivity contribution in [2.45, 2.75) is 54.9 Å². The van der Waals surface area contributed by atoms with Crippen LogP contribution in [0.2, 0.25) is 0 Å². The van der Waals surface area contributed by atoms with Crippen LogP contribution in [-0.2, 0) is 0 Å². The molecule has 0 unspecified atom stereocenters. The number of nitrogens with zero attached hydrogens (tertiary/aromatic N) is 1. The average Bonchev–Trinajstić information content (AvgIpc) is 2.26. The number of hydrogen-bond donors (Lipinski definition) is 0. The van der Waals surface area contributed by atoms with Gasteiger partial charge in [0.2, 0.25) is 0 Å². The topological polar surface area (TPSA) is 12.4 Å². The van der Waals surface area contributed by atoms with Gasteiger partial charge in [0.05, 0.1) is 0 Å². The first kappa shape index (κ1) is 15.6. The minimum atomic E-state index is 1.07. The van der Waals surface area contributed by atoms with E-state index < -0.39 is 0 Å². The molecule has 0 spiro atoms. The Balaban J connectivity index is 0. The normalized spacial score (nSPS) is 13.5. The summed E-state index contributed by atoms with van der Waals surface area (Å²) in [6, 6.07) is 0. The zero-order valence-electron chi connectivity index (χ0n) is 10.8. The zero-order valence-corrected chi connectivity index (χ0v) is 10.8. The van der Waals surface area contributed by atoms with Gasteiger partial charge in [0.1, 0.15) is 0 Å². The van der Waals surface area contributed by atoms with Crippen LogP contribution in [0.5, 0.6) is 0 Å². The van der Waals surface area contributed by atoms with Gasteiger partial charge < -0.3 is 0 Å². The van der Waals surface area contributed by atoms with Crippen molar-refractivity contribution in [3.63, 3.8) is 0 Å². The molecule has 14 heavy (non-hydrogen) atoms. The Hall–Kier alpha value is -0.850. The molecule has 0 N–H and O–H groups in total. The van der Waals surface area contributed by atoms with Crippen molar-refractivity contribution in [1.29, 1.82) is 0 Å². The summed E-state index contributed by atoms with van der Waals surface area (Å²) in [5, 5.41) is 0. The number of hydrogen-bond acceptors (Lipinski definition) is 1. The maximum atomic E-state index is 4.29. The fraction of sp³-hybridized carbons (Fsp3) is 0.615. The predicted molar refractivity (Wildman–Crippen MR) is 67.9 cm³/mol. The average molecular weight is 195 g/mol. The van der Waals surface area contributed by atoms with E-state index in [2.05, 4.69) is 25.8 Å². The minimum Gasteiger partial charge on any atom is -0.262 e. The molecular formula is C13H25N. The van der Waals surface area contributed by atoms with E-state index in [0.29, 0.717) is 0 Å². The highest BCUT2D eigenvalue weighted by atomic mass is 14.7. The summed E-state index contributed by atoms with van der Waals surface area (Å²) < 4.78 is 0. The van der Waals surface area contributed by atoms with Crippen LogP contribution in [-0.4, -0.2) is 6.21 Å². The molecular weight excluding hydrogens is 170 g/mol. The molecule has 0 aliphatic heterocycles. The fourth-order valence-electron chi connectivity index (χ4n) is 0.662. The van der Waals surface area contributed by atoms with Gasteiger partial charge >= 0.3 is 0 Å². The number of aliphatic imine (C=N–C) groups is 1. The van der Waals surface area contributed by atoms with Crippen molar-refractivity contribution in [2.75, 3.05) is 0 Å². The fourth-order valence-corrected chi connectivity index (χ4v) is 0.662. The Morgan fingerprint density at radius 3 is 2.00 bits per heavy atom. The summed E-state index contributed by atoms with van der Waals surface area (Å²) in [6.45, 7) is 14.4. The second-order valence-corrected chi connectivity index (χ2v) is 3.01. The summed E-state index contributed by atoms with van der Waals surface area (Å²) >= 11 is 0. The van der Waals surface area contributed by atoms with E-state index in [4.69, 9.17) is 0 Å². The first-order chi connectivity index (χ1) is 6.61. The van der Waals surface area contributed by atoms with Gasteiger partial charge in [0.25, 0.3) is 0 Å². The van der Waals surface area contributed by atoms with Gasteiger partial charge in [-0.05, 0) is 39.7 Å². The molecule has 0 heterocycles. The summed E-state index contributed by atoms with van der Waals surface area (Å²) in [7, 11) is 0. The first-order valence-corrected chi connectivity index (χ1v) is 5.45. The SMILES string of the molecule is C/C=C(/C)N=CC(C)=C(C)CC.CC. The van der Waals surface area contributed by atoms with Crippen molar-refractivity contribution in [3.8, 4) is 0 Å². The third kappa shape index (κ3) is 7.78. The molecule has 0 amide bonds. The third-order valence-electron chi connectivity index (χ3n) is 2.08. The van der Waals surface area contributed by atoms with Crippen LogP contribution >= 0.6 is 0 Å². The molecule has 0 aliphatic rings. The van der Waals surface area contributed by atoms with Crippen molar-refractivity contribution in [1.82, 2.24) is 0 Å². The van der Waals surface area contributed by atoms with Crippen molar-refractivity contribution in [2.24, 2.45) is 4.99 Å². The predicted octanol–water partition coefficient (Wildman–Crippen LogP) is 4.75. The largest absolute Gasteiger partial charge is 0.262 e. The monoisotopic (exact) mass is 195 g/mol. The highest BCUT2D eigenvalue weighted by Gasteiger charge is 1.89. The van der Waals surface area contributed by atoms with Crippen LogP contribution in [0.1, 0.15) is 54.9 Å². The lowest BCUT2D eigenvalue weighted by atomic mass is 10.1. The van der Waals surface area contributed by atoms with E-state index in [1.54, 1.807) is 0 Å². The number of allylic oxidation sites excluding steroid dienone is 4. The molecule has 0 saturated carbocycles. The van der Waals surface area contributed by atoms with Crippen molar-refractivity contribution < 1.29 is 0 Å². The smallest absolute Gasteiger partial charge is 0.0330 e. The minimum absolute atomic E-state index is 1.07. The van der Waals surface area contributed by atoms with E-state index in [0.717, 1.165) is 12.1 Å². The quantitative estimate of drug-likeness (QED) is 0.576. The first-order valence-electron chi connectivity index (χ1n) is 5.45. The molecule has 0 aliphatic carbocycles. The van der Waals surface area contributed by atoms with E-state index in [1.165, 1.54) is 11.1 Å². The van der Waals surface area contributed by atoms with Crippen LogP contribution in [0.15, 0.2) is 27.9 Å². The molecule has 0 aromatic heterocycles. The number of rotatable bonds is 3. The molecule has 0 aromatic rings. The molecule has 0 atom stereocenters. The van der Waals surface area contributed by atoms with Gasteiger partial charge in [-0.2, -0.15) is 0 Å². The van der Waals surface area contributed by atoms with Crippen molar-refractivity contribution >= 4 is 6.21 Å². The molecule has 0 rings (SSSR count). The Morgan fingerprint density at radius 2 is 1.64 bits per heavy atom. The highest BCUT2D eigenvalue weighted by Crippen LogP contribution is 2.05. The summed E-state index contributed by atoms with van der Waals surface area (Å²) in [5.41, 5.74) is 3.75. The van der Waals surface area contributed by atoms with Gasteiger partial charge in [-0.25, -0.2) is 0 Å².